The first kappa shape index (κ1) is 26.5. The lowest BCUT2D eigenvalue weighted by molar-refractivity contribution is -0.186. The molecule has 36 heavy (non-hydrogen) atoms. The number of nitrogens with zero attached hydrogens (tertiary/aromatic N) is 3. The quantitative estimate of drug-likeness (QED) is 0.563. The van der Waals surface area contributed by atoms with Gasteiger partial charge < -0.3 is 19.4 Å². The van der Waals surface area contributed by atoms with Crippen LogP contribution in [-0.4, -0.2) is 71.5 Å². The summed E-state index contributed by atoms with van der Waals surface area (Å²) in [6, 6.07) is 4.51. The van der Waals surface area contributed by atoms with E-state index in [1.165, 1.54) is 6.07 Å². The third-order valence-corrected chi connectivity index (χ3v) is 6.73. The summed E-state index contributed by atoms with van der Waals surface area (Å²) in [5.74, 6) is 0.522. The average Bonchev–Trinajstić information content (AvgIpc) is 3.30. The first-order valence-corrected chi connectivity index (χ1v) is 12.5. The highest BCUT2D eigenvalue weighted by Crippen LogP contribution is 2.38. The van der Waals surface area contributed by atoms with Crippen LogP contribution in [0.2, 0.25) is 0 Å². The number of hydrogen-bond acceptors (Lipinski definition) is 6. The lowest BCUT2D eigenvalue weighted by Crippen LogP contribution is -2.58. The van der Waals surface area contributed by atoms with Crippen LogP contribution in [0.25, 0.3) is 0 Å². The number of morpholine rings is 1. The third kappa shape index (κ3) is 6.03. The van der Waals surface area contributed by atoms with Crippen LogP contribution in [0.1, 0.15) is 74.6 Å². The predicted octanol–water partition coefficient (Wildman–Crippen LogP) is 5.07. The highest BCUT2D eigenvalue weighted by atomic mass is 19.3. The van der Waals surface area contributed by atoms with Crippen LogP contribution in [0, 0.1) is 5.82 Å². The first-order valence-electron chi connectivity index (χ1n) is 12.5. The van der Waals surface area contributed by atoms with Crippen molar-refractivity contribution in [3.05, 3.63) is 47.4 Å². The van der Waals surface area contributed by atoms with Gasteiger partial charge >= 0.3 is 0 Å². The lowest BCUT2D eigenvalue weighted by atomic mass is 9.88. The van der Waals surface area contributed by atoms with Crippen LogP contribution >= 0.6 is 0 Å². The summed E-state index contributed by atoms with van der Waals surface area (Å²) in [5.41, 5.74) is -0.0650. The summed E-state index contributed by atoms with van der Waals surface area (Å²) in [6.45, 7) is 8.81. The molecule has 1 aromatic carbocycles. The number of rotatable bonds is 7. The van der Waals surface area contributed by atoms with Gasteiger partial charge in [-0.1, -0.05) is 13.8 Å². The summed E-state index contributed by atoms with van der Waals surface area (Å²) in [5, 5.41) is 3.01. The van der Waals surface area contributed by atoms with E-state index in [4.69, 9.17) is 9.15 Å². The van der Waals surface area contributed by atoms with E-state index in [-0.39, 0.29) is 36.5 Å². The maximum absolute atomic E-state index is 14.5. The number of carbonyl (C=O) groups is 1. The van der Waals surface area contributed by atoms with Crippen LogP contribution < -0.4 is 5.32 Å². The fraction of sp³-hybridized carbons (Fsp3) is 0.615. The Kier molecular flexibility index (Phi) is 7.94. The minimum atomic E-state index is -2.47. The minimum Gasteiger partial charge on any atom is -0.443 e. The normalized spacial score (nSPS) is 20.6. The Labute approximate surface area is 210 Å². The molecule has 1 aromatic heterocycles. The van der Waals surface area contributed by atoms with Gasteiger partial charge in [0.1, 0.15) is 17.7 Å². The number of halogens is 3. The molecule has 1 unspecified atom stereocenters. The molecule has 4 rings (SSSR count). The van der Waals surface area contributed by atoms with E-state index in [2.05, 4.69) is 10.3 Å². The van der Waals surface area contributed by atoms with Crippen molar-refractivity contribution < 1.29 is 27.1 Å². The molecule has 2 aliphatic rings. The summed E-state index contributed by atoms with van der Waals surface area (Å²) >= 11 is 0. The Morgan fingerprint density at radius 1 is 1.22 bits per heavy atom. The van der Waals surface area contributed by atoms with Crippen molar-refractivity contribution in [2.24, 2.45) is 0 Å². The lowest BCUT2D eigenvalue weighted by Gasteiger charge is -2.49. The Morgan fingerprint density at radius 3 is 2.53 bits per heavy atom. The molecule has 1 spiro atoms. The monoisotopic (exact) mass is 508 g/mol. The third-order valence-electron chi connectivity index (χ3n) is 6.73. The standard InChI is InChI=1S/C26H35F3N4O3/c1-16(2)21-12-30-24(35-21)22-13-32(14-23(28)29)15-26(36-22)7-9-33(10-8-26)25(34)18-5-6-20(19(27)11-18)31-17(3)4/h5-6,11-12,16-17,22-23,31H,7-10,13-15H2,1-4H3. The van der Waals surface area contributed by atoms with Gasteiger partial charge in [-0.15, -0.1) is 0 Å². The molecule has 0 saturated carbocycles. The number of aromatic nitrogens is 1. The van der Waals surface area contributed by atoms with E-state index in [9.17, 15) is 18.0 Å². The van der Waals surface area contributed by atoms with Gasteiger partial charge in [-0.05, 0) is 44.9 Å². The molecule has 2 saturated heterocycles. The predicted molar refractivity (Wildman–Crippen MR) is 130 cm³/mol. The smallest absolute Gasteiger partial charge is 0.253 e. The molecule has 0 aliphatic carbocycles. The number of piperidine rings is 1. The maximum Gasteiger partial charge on any atom is 0.253 e. The highest BCUT2D eigenvalue weighted by molar-refractivity contribution is 5.94. The molecule has 2 aromatic rings. The van der Waals surface area contributed by atoms with E-state index in [1.807, 2.05) is 27.7 Å². The van der Waals surface area contributed by atoms with Crippen molar-refractivity contribution in [2.45, 2.75) is 70.6 Å². The number of anilines is 1. The summed E-state index contributed by atoms with van der Waals surface area (Å²) < 4.78 is 53.4. The molecule has 3 heterocycles. The maximum atomic E-state index is 14.5. The molecular weight excluding hydrogens is 473 g/mol. The van der Waals surface area contributed by atoms with Gasteiger partial charge in [0, 0.05) is 43.7 Å². The number of benzene rings is 1. The fourth-order valence-electron chi connectivity index (χ4n) is 4.91. The van der Waals surface area contributed by atoms with Crippen molar-refractivity contribution in [1.82, 2.24) is 14.8 Å². The molecule has 7 nitrogen and oxygen atoms in total. The van der Waals surface area contributed by atoms with Crippen LogP contribution in [0.15, 0.2) is 28.8 Å². The highest BCUT2D eigenvalue weighted by Gasteiger charge is 2.45. The first-order chi connectivity index (χ1) is 17.0. The van der Waals surface area contributed by atoms with Crippen molar-refractivity contribution in [2.75, 3.05) is 38.0 Å². The summed E-state index contributed by atoms with van der Waals surface area (Å²) in [7, 11) is 0. The largest absolute Gasteiger partial charge is 0.443 e. The molecule has 10 heteroatoms. The van der Waals surface area contributed by atoms with E-state index < -0.39 is 23.9 Å². The number of amides is 1. The van der Waals surface area contributed by atoms with Gasteiger partial charge in [0.15, 0.2) is 0 Å². The van der Waals surface area contributed by atoms with Gasteiger partial charge in [-0.25, -0.2) is 18.2 Å². The Bertz CT molecular complexity index is 1050. The molecule has 2 fully saturated rings. The average molecular weight is 509 g/mol. The Hall–Kier alpha value is -2.59. The number of hydrogen-bond donors (Lipinski definition) is 1. The van der Waals surface area contributed by atoms with Crippen molar-refractivity contribution in [3.63, 3.8) is 0 Å². The Balaban J connectivity index is 1.46. The second-order valence-corrected chi connectivity index (χ2v) is 10.4. The van der Waals surface area contributed by atoms with Crippen LogP contribution in [-0.2, 0) is 4.74 Å². The second kappa shape index (κ2) is 10.8. The molecule has 0 bridgehead atoms. The minimum absolute atomic E-state index is 0.0663. The molecule has 1 amide bonds. The second-order valence-electron chi connectivity index (χ2n) is 10.4. The molecule has 2 aliphatic heterocycles. The number of carbonyl (C=O) groups excluding carboxylic acids is 1. The molecular formula is C26H35F3N4O3. The van der Waals surface area contributed by atoms with Crippen molar-refractivity contribution >= 4 is 11.6 Å². The van der Waals surface area contributed by atoms with Gasteiger partial charge in [-0.2, -0.15) is 0 Å². The fourth-order valence-corrected chi connectivity index (χ4v) is 4.91. The van der Waals surface area contributed by atoms with Gasteiger partial charge in [0.2, 0.25) is 5.89 Å². The SMILES string of the molecule is CC(C)Nc1ccc(C(=O)N2CCC3(CC2)CN(CC(F)F)CC(c2ncc(C(C)C)o2)O3)cc1F. The van der Waals surface area contributed by atoms with E-state index in [0.717, 1.165) is 5.76 Å². The zero-order valence-electron chi connectivity index (χ0n) is 21.3. The number of oxazole rings is 1. The molecule has 198 valence electrons. The number of alkyl halides is 2. The molecule has 1 atom stereocenters. The van der Waals surface area contributed by atoms with E-state index in [0.29, 0.717) is 44.1 Å². The van der Waals surface area contributed by atoms with Crippen LogP contribution in [0.3, 0.4) is 0 Å². The number of likely N-dealkylation sites (tertiary alicyclic amines) is 1. The van der Waals surface area contributed by atoms with Crippen molar-refractivity contribution in [1.29, 1.82) is 0 Å². The van der Waals surface area contributed by atoms with Gasteiger partial charge in [0.25, 0.3) is 12.3 Å². The van der Waals surface area contributed by atoms with Crippen LogP contribution in [0.5, 0.6) is 0 Å². The zero-order valence-corrected chi connectivity index (χ0v) is 21.3. The topological polar surface area (TPSA) is 70.8 Å². The van der Waals surface area contributed by atoms with Gasteiger partial charge in [0.05, 0.1) is 24.0 Å². The van der Waals surface area contributed by atoms with Crippen LogP contribution in [0.4, 0.5) is 18.9 Å². The van der Waals surface area contributed by atoms with Crippen molar-refractivity contribution in [3.8, 4) is 0 Å². The van der Waals surface area contributed by atoms with E-state index in [1.54, 1.807) is 28.1 Å². The molecule has 0 radical (unpaired) electrons. The number of nitrogens with one attached hydrogen (secondary N) is 1. The summed E-state index contributed by atoms with van der Waals surface area (Å²) in [4.78, 5) is 20.8. The molecule has 1 N–H and O–H groups in total. The zero-order chi connectivity index (χ0) is 26.0. The van der Waals surface area contributed by atoms with E-state index >= 15 is 0 Å². The van der Waals surface area contributed by atoms with Gasteiger partial charge in [-0.3, -0.25) is 9.69 Å². The Morgan fingerprint density at radius 2 is 1.94 bits per heavy atom. The summed E-state index contributed by atoms with van der Waals surface area (Å²) in [6.07, 6.45) is -0.432. The number of ether oxygens (including phenoxy) is 1.